The van der Waals surface area contributed by atoms with Crippen LogP contribution in [0.1, 0.15) is 10.4 Å². The summed E-state index contributed by atoms with van der Waals surface area (Å²) in [5.74, 6) is -1.22. The molecule has 0 saturated heterocycles. The van der Waals surface area contributed by atoms with Gasteiger partial charge in [-0.3, -0.25) is 9.10 Å². The molecule has 2 aromatic carbocycles. The second kappa shape index (κ2) is 7.80. The fraction of sp³-hybridized carbons (Fsp3) is 0.176. The number of amides is 1. The first-order valence-corrected chi connectivity index (χ1v) is 9.17. The maximum Gasteiger partial charge on any atom is 0.340 e. The lowest BCUT2D eigenvalue weighted by Gasteiger charge is -2.23. The Balaban J connectivity index is 2.33. The summed E-state index contributed by atoms with van der Waals surface area (Å²) in [7, 11) is -2.60. The quantitative estimate of drug-likeness (QED) is 0.792. The van der Waals surface area contributed by atoms with Crippen LogP contribution in [-0.4, -0.2) is 40.2 Å². The van der Waals surface area contributed by atoms with Crippen molar-refractivity contribution in [2.45, 2.75) is 0 Å². The van der Waals surface area contributed by atoms with Gasteiger partial charge in [0.05, 0.1) is 24.6 Å². The molecule has 132 valence electrons. The summed E-state index contributed by atoms with van der Waals surface area (Å²) in [5.41, 5.74) is 0.685. The van der Waals surface area contributed by atoms with E-state index in [9.17, 15) is 18.0 Å². The Morgan fingerprint density at radius 2 is 1.64 bits per heavy atom. The number of sulfonamides is 1. The Kier molecular flexibility index (Phi) is 5.76. The lowest BCUT2D eigenvalue weighted by Crippen LogP contribution is -2.38. The number of hydrogen-bond donors (Lipinski definition) is 1. The van der Waals surface area contributed by atoms with Gasteiger partial charge in [-0.2, -0.15) is 0 Å². The Bertz CT molecular complexity index is 866. The van der Waals surface area contributed by atoms with E-state index in [1.54, 1.807) is 42.5 Å². The molecule has 0 heterocycles. The van der Waals surface area contributed by atoms with Crippen LogP contribution in [-0.2, 0) is 19.6 Å². The molecule has 0 aliphatic rings. The smallest absolute Gasteiger partial charge is 0.340 e. The van der Waals surface area contributed by atoms with Crippen molar-refractivity contribution in [2.24, 2.45) is 0 Å². The average Bonchev–Trinajstić information content (AvgIpc) is 2.59. The molecular weight excluding hydrogens is 344 g/mol. The van der Waals surface area contributed by atoms with Gasteiger partial charge in [-0.05, 0) is 24.3 Å². The number of esters is 1. The van der Waals surface area contributed by atoms with Crippen molar-refractivity contribution in [1.82, 2.24) is 0 Å². The molecule has 0 aliphatic heterocycles. The van der Waals surface area contributed by atoms with Gasteiger partial charge >= 0.3 is 5.97 Å². The molecule has 7 nitrogen and oxygen atoms in total. The van der Waals surface area contributed by atoms with Crippen LogP contribution in [0.4, 0.5) is 11.4 Å². The zero-order valence-electron chi connectivity index (χ0n) is 13.8. The van der Waals surface area contributed by atoms with Gasteiger partial charge in [0.15, 0.2) is 0 Å². The maximum absolute atomic E-state index is 12.3. The standard InChI is InChI=1S/C17H18N2O5S/c1-24-17(21)14-10-6-7-11-15(14)19(25(2,22)23)12-16(20)18-13-8-4-3-5-9-13/h3-11H,12H2,1-2H3,(H,18,20). The Hall–Kier alpha value is -2.87. The van der Waals surface area contributed by atoms with E-state index < -0.39 is 28.4 Å². The number of benzene rings is 2. The lowest BCUT2D eigenvalue weighted by atomic mass is 10.2. The molecule has 8 heteroatoms. The van der Waals surface area contributed by atoms with Crippen LogP contribution >= 0.6 is 0 Å². The van der Waals surface area contributed by atoms with Crippen molar-refractivity contribution < 1.29 is 22.7 Å². The number of nitrogens with zero attached hydrogens (tertiary/aromatic N) is 1. The number of methoxy groups -OCH3 is 1. The Morgan fingerprint density at radius 3 is 2.24 bits per heavy atom. The van der Waals surface area contributed by atoms with E-state index in [0.29, 0.717) is 5.69 Å². The van der Waals surface area contributed by atoms with Crippen LogP contribution in [0.5, 0.6) is 0 Å². The number of ether oxygens (including phenoxy) is 1. The first kappa shape index (κ1) is 18.5. The fourth-order valence-corrected chi connectivity index (χ4v) is 3.08. The van der Waals surface area contributed by atoms with Gasteiger partial charge in [0.2, 0.25) is 15.9 Å². The van der Waals surface area contributed by atoms with Gasteiger partial charge in [0.1, 0.15) is 6.54 Å². The molecule has 0 unspecified atom stereocenters. The minimum absolute atomic E-state index is 0.0583. The monoisotopic (exact) mass is 362 g/mol. The normalized spacial score (nSPS) is 10.8. The Labute approximate surface area is 146 Å². The molecule has 0 bridgehead atoms. The molecule has 0 fully saturated rings. The van der Waals surface area contributed by atoms with E-state index in [4.69, 9.17) is 0 Å². The van der Waals surface area contributed by atoms with Crippen molar-refractivity contribution in [3.63, 3.8) is 0 Å². The van der Waals surface area contributed by atoms with E-state index in [0.717, 1.165) is 10.6 Å². The molecule has 25 heavy (non-hydrogen) atoms. The van der Waals surface area contributed by atoms with Gasteiger partial charge < -0.3 is 10.1 Å². The highest BCUT2D eigenvalue weighted by molar-refractivity contribution is 7.92. The highest BCUT2D eigenvalue weighted by Crippen LogP contribution is 2.23. The van der Waals surface area contributed by atoms with Crippen molar-refractivity contribution in [2.75, 3.05) is 29.5 Å². The van der Waals surface area contributed by atoms with Crippen molar-refractivity contribution in [3.8, 4) is 0 Å². The van der Waals surface area contributed by atoms with Gasteiger partial charge in [-0.15, -0.1) is 0 Å². The molecule has 0 atom stereocenters. The number of hydrogen-bond acceptors (Lipinski definition) is 5. The number of nitrogens with one attached hydrogen (secondary N) is 1. The Morgan fingerprint density at radius 1 is 1.04 bits per heavy atom. The highest BCUT2D eigenvalue weighted by atomic mass is 32.2. The SMILES string of the molecule is COC(=O)c1ccccc1N(CC(=O)Nc1ccccc1)S(C)(=O)=O. The molecule has 1 N–H and O–H groups in total. The second-order valence-corrected chi connectivity index (χ2v) is 7.10. The first-order valence-electron chi connectivity index (χ1n) is 7.33. The molecule has 0 aromatic heterocycles. The van der Waals surface area contributed by atoms with Crippen molar-refractivity contribution >= 4 is 33.3 Å². The lowest BCUT2D eigenvalue weighted by molar-refractivity contribution is -0.114. The summed E-state index contributed by atoms with van der Waals surface area (Å²) in [6.07, 6.45) is 0.969. The largest absolute Gasteiger partial charge is 0.465 e. The predicted molar refractivity (Wildman–Crippen MR) is 95.0 cm³/mol. The van der Waals surface area contributed by atoms with Crippen LogP contribution in [0, 0.1) is 0 Å². The molecule has 0 aliphatic carbocycles. The fourth-order valence-electron chi connectivity index (χ4n) is 2.21. The van der Waals surface area contributed by atoms with E-state index in [1.807, 2.05) is 0 Å². The summed E-state index contributed by atoms with van der Waals surface area (Å²) in [6, 6.07) is 14.7. The minimum Gasteiger partial charge on any atom is -0.465 e. The summed E-state index contributed by atoms with van der Waals surface area (Å²) in [5, 5.41) is 2.62. The molecule has 0 saturated carbocycles. The van der Waals surface area contributed by atoms with E-state index in [2.05, 4.69) is 10.1 Å². The van der Waals surface area contributed by atoms with Crippen LogP contribution in [0.2, 0.25) is 0 Å². The second-order valence-electron chi connectivity index (χ2n) is 5.19. The van der Waals surface area contributed by atoms with Crippen molar-refractivity contribution in [1.29, 1.82) is 0 Å². The number of carbonyl (C=O) groups excluding carboxylic acids is 2. The topological polar surface area (TPSA) is 92.8 Å². The minimum atomic E-state index is -3.80. The third kappa shape index (κ3) is 4.80. The molecular formula is C17H18N2O5S. The van der Waals surface area contributed by atoms with Crippen LogP contribution in [0.3, 0.4) is 0 Å². The van der Waals surface area contributed by atoms with E-state index in [-0.39, 0.29) is 11.3 Å². The third-order valence-corrected chi connectivity index (χ3v) is 4.45. The predicted octanol–water partition coefficient (Wildman–Crippen LogP) is 1.88. The molecule has 0 radical (unpaired) electrons. The van der Waals surface area contributed by atoms with Crippen molar-refractivity contribution in [3.05, 3.63) is 60.2 Å². The molecule has 0 spiro atoms. The first-order chi connectivity index (χ1) is 11.8. The summed E-state index contributed by atoms with van der Waals surface area (Å²) in [6.45, 7) is -0.471. The number of anilines is 2. The average molecular weight is 362 g/mol. The maximum atomic E-state index is 12.3. The van der Waals surface area contributed by atoms with Crippen LogP contribution in [0.15, 0.2) is 54.6 Å². The van der Waals surface area contributed by atoms with Gasteiger partial charge in [-0.25, -0.2) is 13.2 Å². The van der Waals surface area contributed by atoms with Crippen LogP contribution < -0.4 is 9.62 Å². The number of para-hydroxylation sites is 2. The number of rotatable bonds is 6. The van der Waals surface area contributed by atoms with Gasteiger partial charge in [0, 0.05) is 5.69 Å². The number of carbonyl (C=O) groups is 2. The summed E-state index contributed by atoms with van der Waals surface area (Å²) in [4.78, 5) is 24.2. The van der Waals surface area contributed by atoms with Gasteiger partial charge in [0.25, 0.3) is 0 Å². The molecule has 2 aromatic rings. The van der Waals surface area contributed by atoms with Crippen LogP contribution in [0.25, 0.3) is 0 Å². The molecule has 2 rings (SSSR count). The van der Waals surface area contributed by atoms with E-state index >= 15 is 0 Å². The van der Waals surface area contributed by atoms with E-state index in [1.165, 1.54) is 19.2 Å². The third-order valence-electron chi connectivity index (χ3n) is 3.32. The highest BCUT2D eigenvalue weighted by Gasteiger charge is 2.25. The zero-order valence-corrected chi connectivity index (χ0v) is 14.6. The summed E-state index contributed by atoms with van der Waals surface area (Å²) < 4.78 is 29.9. The molecule has 1 amide bonds. The summed E-state index contributed by atoms with van der Waals surface area (Å²) >= 11 is 0. The zero-order chi connectivity index (χ0) is 18.4. The van der Waals surface area contributed by atoms with Gasteiger partial charge in [-0.1, -0.05) is 30.3 Å².